The van der Waals surface area contributed by atoms with Gasteiger partial charge in [0.25, 0.3) is 11.5 Å². The van der Waals surface area contributed by atoms with E-state index in [1.165, 1.54) is 13.3 Å². The van der Waals surface area contributed by atoms with Gasteiger partial charge in [-0.1, -0.05) is 36.4 Å². The number of methoxy groups -OCH3 is 1. The number of aromatic nitrogens is 5. The SMILES string of the molecule is COc1cc(-c2cccc3cc([C@H](C)Nc4nc(N)ncc4C(N)=O)n(-c4ccccc4)c(=O)c23)cnn1. The highest BCUT2D eigenvalue weighted by Gasteiger charge is 2.21. The second kappa shape index (κ2) is 9.97. The molecule has 190 valence electrons. The van der Waals surface area contributed by atoms with Crippen LogP contribution in [-0.2, 0) is 0 Å². The summed E-state index contributed by atoms with van der Waals surface area (Å²) in [7, 11) is 1.51. The molecule has 1 atom stereocenters. The lowest BCUT2D eigenvalue weighted by molar-refractivity contribution is 0.100. The van der Waals surface area contributed by atoms with Crippen LogP contribution in [0.15, 0.2) is 77.9 Å². The first-order valence-corrected chi connectivity index (χ1v) is 11.7. The molecule has 5 N–H and O–H groups in total. The molecule has 1 amide bonds. The van der Waals surface area contributed by atoms with E-state index in [0.29, 0.717) is 33.8 Å². The van der Waals surface area contributed by atoms with Crippen LogP contribution in [0.4, 0.5) is 11.8 Å². The number of ether oxygens (including phenoxy) is 1. The van der Waals surface area contributed by atoms with Crippen LogP contribution in [0.1, 0.15) is 29.0 Å². The molecule has 0 bridgehead atoms. The Labute approximate surface area is 217 Å². The van der Waals surface area contributed by atoms with Gasteiger partial charge in [0.1, 0.15) is 5.82 Å². The summed E-state index contributed by atoms with van der Waals surface area (Å²) >= 11 is 0. The summed E-state index contributed by atoms with van der Waals surface area (Å²) in [4.78, 5) is 34.2. The zero-order valence-electron chi connectivity index (χ0n) is 20.6. The lowest BCUT2D eigenvalue weighted by Crippen LogP contribution is -2.27. The number of fused-ring (bicyclic) bond motifs is 1. The molecule has 5 aromatic rings. The van der Waals surface area contributed by atoms with E-state index in [1.54, 1.807) is 16.8 Å². The number of nitrogen functional groups attached to an aromatic ring is 1. The van der Waals surface area contributed by atoms with Gasteiger partial charge in [-0.2, -0.15) is 10.1 Å². The van der Waals surface area contributed by atoms with Gasteiger partial charge < -0.3 is 21.5 Å². The molecule has 0 saturated carbocycles. The van der Waals surface area contributed by atoms with Crippen LogP contribution in [-0.4, -0.2) is 37.7 Å². The summed E-state index contributed by atoms with van der Waals surface area (Å²) in [6, 6.07) is 18.0. The van der Waals surface area contributed by atoms with Gasteiger partial charge in [0, 0.05) is 29.2 Å². The fourth-order valence-electron chi connectivity index (χ4n) is 4.34. The number of hydrogen-bond donors (Lipinski definition) is 3. The van der Waals surface area contributed by atoms with Crippen molar-refractivity contribution in [2.75, 3.05) is 18.2 Å². The number of pyridine rings is 1. The van der Waals surface area contributed by atoms with E-state index in [-0.39, 0.29) is 22.9 Å². The van der Waals surface area contributed by atoms with Crippen molar-refractivity contribution in [1.82, 2.24) is 24.7 Å². The largest absolute Gasteiger partial charge is 0.480 e. The van der Waals surface area contributed by atoms with Crippen LogP contribution in [0.3, 0.4) is 0 Å². The van der Waals surface area contributed by atoms with Crippen molar-refractivity contribution in [3.05, 3.63) is 94.7 Å². The number of rotatable bonds is 7. The Morgan fingerprint density at radius 2 is 1.87 bits per heavy atom. The van der Waals surface area contributed by atoms with Gasteiger partial charge >= 0.3 is 0 Å². The molecule has 5 rings (SSSR count). The number of nitrogens with one attached hydrogen (secondary N) is 1. The van der Waals surface area contributed by atoms with Crippen LogP contribution in [0.2, 0.25) is 0 Å². The van der Waals surface area contributed by atoms with E-state index in [2.05, 4.69) is 25.5 Å². The number of benzene rings is 2. The van der Waals surface area contributed by atoms with Gasteiger partial charge in [-0.3, -0.25) is 14.2 Å². The van der Waals surface area contributed by atoms with E-state index in [9.17, 15) is 9.59 Å². The molecule has 0 aliphatic rings. The van der Waals surface area contributed by atoms with Crippen molar-refractivity contribution < 1.29 is 9.53 Å². The molecule has 0 aliphatic heterocycles. The summed E-state index contributed by atoms with van der Waals surface area (Å²) in [6.45, 7) is 1.85. The Hall–Kier alpha value is -5.32. The molecule has 0 spiro atoms. The van der Waals surface area contributed by atoms with E-state index in [1.807, 2.05) is 61.5 Å². The van der Waals surface area contributed by atoms with E-state index in [0.717, 1.165) is 5.39 Å². The predicted octanol–water partition coefficient (Wildman–Crippen LogP) is 3.10. The maximum Gasteiger partial charge on any atom is 0.263 e. The van der Waals surface area contributed by atoms with E-state index >= 15 is 0 Å². The van der Waals surface area contributed by atoms with Gasteiger partial charge in [-0.25, -0.2) is 4.98 Å². The van der Waals surface area contributed by atoms with E-state index < -0.39 is 11.9 Å². The second-order valence-electron chi connectivity index (χ2n) is 8.52. The zero-order chi connectivity index (χ0) is 26.8. The summed E-state index contributed by atoms with van der Waals surface area (Å²) < 4.78 is 6.87. The highest BCUT2D eigenvalue weighted by molar-refractivity contribution is 5.98. The topological polar surface area (TPSA) is 164 Å². The van der Waals surface area contributed by atoms with Gasteiger partial charge in [0.2, 0.25) is 11.8 Å². The van der Waals surface area contributed by atoms with Crippen molar-refractivity contribution in [3.8, 4) is 22.7 Å². The average molecular weight is 509 g/mol. The first-order valence-electron chi connectivity index (χ1n) is 11.7. The third-order valence-corrected chi connectivity index (χ3v) is 6.11. The van der Waals surface area contributed by atoms with Crippen LogP contribution in [0.25, 0.3) is 27.6 Å². The number of anilines is 2. The summed E-state index contributed by atoms with van der Waals surface area (Å²) in [5.74, 6) is -0.209. The third kappa shape index (κ3) is 4.48. The highest BCUT2D eigenvalue weighted by Crippen LogP contribution is 2.31. The molecule has 38 heavy (non-hydrogen) atoms. The molecule has 2 aromatic carbocycles. The molecule has 3 heterocycles. The van der Waals surface area contributed by atoms with Crippen molar-refractivity contribution in [2.24, 2.45) is 5.73 Å². The molecule has 0 saturated heterocycles. The monoisotopic (exact) mass is 508 g/mol. The van der Waals surface area contributed by atoms with Crippen LogP contribution in [0.5, 0.6) is 5.88 Å². The normalized spacial score (nSPS) is 11.7. The number of carbonyl (C=O) groups is 1. The predicted molar refractivity (Wildman–Crippen MR) is 144 cm³/mol. The van der Waals surface area contributed by atoms with Gasteiger partial charge in [0.05, 0.1) is 30.3 Å². The van der Waals surface area contributed by atoms with Crippen LogP contribution in [0, 0.1) is 0 Å². The number of hydrogen-bond acceptors (Lipinski definition) is 9. The van der Waals surface area contributed by atoms with Gasteiger partial charge in [-0.15, -0.1) is 5.10 Å². The number of nitrogens with two attached hydrogens (primary N) is 2. The molecular weight excluding hydrogens is 484 g/mol. The van der Waals surface area contributed by atoms with Crippen molar-refractivity contribution in [1.29, 1.82) is 0 Å². The van der Waals surface area contributed by atoms with Crippen molar-refractivity contribution in [2.45, 2.75) is 13.0 Å². The number of amides is 1. The molecule has 0 unspecified atom stereocenters. The Kier molecular flexibility index (Phi) is 6.40. The number of carbonyl (C=O) groups excluding carboxylic acids is 1. The summed E-state index contributed by atoms with van der Waals surface area (Å²) in [5.41, 5.74) is 13.8. The number of primary amides is 1. The Bertz CT molecular complexity index is 1720. The standard InChI is InChI=1S/C27H24N8O3/c1-15(32-25-20(24(28)36)14-30-27(29)33-25)21-11-16-7-6-10-19(17-12-22(38-2)34-31-13-17)23(16)26(37)35(21)18-8-4-3-5-9-18/h3-15H,1-2H3,(H2,28,36)(H3,29,30,32,33)/t15-/m0/s1. The Morgan fingerprint density at radius 1 is 1.08 bits per heavy atom. The number of para-hydroxylation sites is 1. The smallest absolute Gasteiger partial charge is 0.263 e. The maximum absolute atomic E-state index is 14.2. The van der Waals surface area contributed by atoms with Crippen LogP contribution >= 0.6 is 0 Å². The first kappa shape index (κ1) is 24.4. The fourth-order valence-corrected chi connectivity index (χ4v) is 4.34. The molecule has 11 nitrogen and oxygen atoms in total. The van der Waals surface area contributed by atoms with Crippen molar-refractivity contribution >= 4 is 28.4 Å². The molecule has 0 aliphatic carbocycles. The molecule has 11 heteroatoms. The van der Waals surface area contributed by atoms with Crippen molar-refractivity contribution in [3.63, 3.8) is 0 Å². The first-order chi connectivity index (χ1) is 18.4. The lowest BCUT2D eigenvalue weighted by atomic mass is 9.99. The minimum absolute atomic E-state index is 0.0188. The highest BCUT2D eigenvalue weighted by atomic mass is 16.5. The van der Waals surface area contributed by atoms with E-state index in [4.69, 9.17) is 16.2 Å². The van der Waals surface area contributed by atoms with Crippen LogP contribution < -0.4 is 27.1 Å². The average Bonchev–Trinajstić information content (AvgIpc) is 2.93. The minimum atomic E-state index is -0.704. The number of nitrogens with zero attached hydrogens (tertiary/aromatic N) is 5. The Balaban J connectivity index is 1.74. The van der Waals surface area contributed by atoms with Gasteiger partial charge in [-0.05, 0) is 36.1 Å². The Morgan fingerprint density at radius 3 is 2.61 bits per heavy atom. The van der Waals surface area contributed by atoms with Gasteiger partial charge in [0.15, 0.2) is 0 Å². The molecular formula is C27H24N8O3. The maximum atomic E-state index is 14.2. The second-order valence-corrected chi connectivity index (χ2v) is 8.52. The summed E-state index contributed by atoms with van der Waals surface area (Å²) in [5, 5.41) is 12.4. The third-order valence-electron chi connectivity index (χ3n) is 6.11. The molecule has 3 aromatic heterocycles. The quantitative estimate of drug-likeness (QED) is 0.300. The lowest BCUT2D eigenvalue weighted by Gasteiger charge is -2.22. The minimum Gasteiger partial charge on any atom is -0.480 e. The molecule has 0 fully saturated rings. The fraction of sp³-hybridized carbons (Fsp3) is 0.111. The summed E-state index contributed by atoms with van der Waals surface area (Å²) in [6.07, 6.45) is 2.86. The zero-order valence-corrected chi connectivity index (χ0v) is 20.6. The molecule has 0 radical (unpaired) electrons.